The lowest BCUT2D eigenvalue weighted by atomic mass is 10.0. The molecule has 0 aliphatic heterocycles. The number of imidazole rings is 1. The fourth-order valence-corrected chi connectivity index (χ4v) is 4.85. The van der Waals surface area contributed by atoms with Crippen LogP contribution in [0.25, 0.3) is 55.8 Å². The van der Waals surface area contributed by atoms with Gasteiger partial charge in [0, 0.05) is 28.8 Å². The van der Waals surface area contributed by atoms with E-state index in [0.29, 0.717) is 40.7 Å². The maximum absolute atomic E-state index is 14.3. The molecule has 0 saturated carbocycles. The van der Waals surface area contributed by atoms with Crippen molar-refractivity contribution in [3.8, 4) is 45.4 Å². The van der Waals surface area contributed by atoms with E-state index in [9.17, 15) is 4.39 Å². The molecule has 7 rings (SSSR count). The predicted octanol–water partition coefficient (Wildman–Crippen LogP) is 6.96. The highest BCUT2D eigenvalue weighted by Gasteiger charge is 2.17. The molecule has 0 aliphatic carbocycles. The maximum atomic E-state index is 14.3. The molecule has 8 nitrogen and oxygen atoms in total. The van der Waals surface area contributed by atoms with E-state index in [-0.39, 0.29) is 5.82 Å². The predicted molar refractivity (Wildman–Crippen MR) is 155 cm³/mol. The van der Waals surface area contributed by atoms with Crippen LogP contribution in [0.5, 0.6) is 11.5 Å². The van der Waals surface area contributed by atoms with Crippen LogP contribution in [0.3, 0.4) is 0 Å². The lowest BCUT2D eigenvalue weighted by molar-refractivity contribution is 0.305. The highest BCUT2D eigenvalue weighted by Crippen LogP contribution is 2.34. The molecule has 0 radical (unpaired) electrons. The average molecular weight is 543 g/mol. The summed E-state index contributed by atoms with van der Waals surface area (Å²) in [5, 5.41) is 8.44. The number of para-hydroxylation sites is 1. The minimum Gasteiger partial charge on any atom is -0.497 e. The van der Waals surface area contributed by atoms with Crippen molar-refractivity contribution >= 4 is 21.9 Å². The fourth-order valence-electron chi connectivity index (χ4n) is 4.85. The van der Waals surface area contributed by atoms with Crippen molar-refractivity contribution in [2.75, 3.05) is 7.11 Å². The van der Waals surface area contributed by atoms with Gasteiger partial charge in [0.05, 0.1) is 41.7 Å². The van der Waals surface area contributed by atoms with Gasteiger partial charge in [0.1, 0.15) is 29.6 Å². The Morgan fingerprint density at radius 2 is 1.71 bits per heavy atom. The molecule has 0 saturated heterocycles. The summed E-state index contributed by atoms with van der Waals surface area (Å²) in [5.41, 5.74) is 6.99. The van der Waals surface area contributed by atoms with Crippen molar-refractivity contribution in [2.45, 2.75) is 6.61 Å². The molecule has 0 bridgehead atoms. The van der Waals surface area contributed by atoms with Crippen molar-refractivity contribution in [1.29, 1.82) is 0 Å². The summed E-state index contributed by atoms with van der Waals surface area (Å²) in [6.45, 7) is 0.445. The zero-order chi connectivity index (χ0) is 27.8. The summed E-state index contributed by atoms with van der Waals surface area (Å²) in [5.74, 6) is 1.29. The number of pyridine rings is 2. The van der Waals surface area contributed by atoms with Crippen molar-refractivity contribution in [2.24, 2.45) is 0 Å². The third-order valence-corrected chi connectivity index (χ3v) is 6.86. The van der Waals surface area contributed by atoms with Gasteiger partial charge in [-0.2, -0.15) is 5.10 Å². The topological polar surface area (TPSA) is 102 Å². The van der Waals surface area contributed by atoms with Gasteiger partial charge in [-0.05, 0) is 41.5 Å². The monoisotopic (exact) mass is 542 g/mol. The molecule has 0 atom stereocenters. The number of benzene rings is 3. The number of hydrogen-bond acceptors (Lipinski definition) is 6. The lowest BCUT2D eigenvalue weighted by Crippen LogP contribution is -1.96. The molecular formula is C32H23FN6O2. The molecule has 0 amide bonds. The van der Waals surface area contributed by atoms with E-state index < -0.39 is 0 Å². The van der Waals surface area contributed by atoms with Crippen LogP contribution in [0.4, 0.5) is 4.39 Å². The quantitative estimate of drug-likeness (QED) is 0.226. The molecule has 7 aromatic rings. The molecule has 200 valence electrons. The zero-order valence-electron chi connectivity index (χ0n) is 21.9. The van der Waals surface area contributed by atoms with Crippen molar-refractivity contribution in [1.82, 2.24) is 30.1 Å². The van der Waals surface area contributed by atoms with Gasteiger partial charge >= 0.3 is 0 Å². The van der Waals surface area contributed by atoms with Gasteiger partial charge in [-0.25, -0.2) is 9.37 Å². The van der Waals surface area contributed by atoms with Gasteiger partial charge in [-0.15, -0.1) is 0 Å². The number of nitrogens with zero attached hydrogens (tertiary/aromatic N) is 4. The molecule has 0 spiro atoms. The van der Waals surface area contributed by atoms with Crippen molar-refractivity contribution < 1.29 is 13.9 Å². The Balaban J connectivity index is 1.24. The van der Waals surface area contributed by atoms with Crippen LogP contribution in [-0.4, -0.2) is 37.2 Å². The number of methoxy groups -OCH3 is 1. The molecular weight excluding hydrogens is 519 g/mol. The minimum atomic E-state index is -0.380. The number of aromatic nitrogens is 6. The third-order valence-electron chi connectivity index (χ3n) is 6.86. The number of rotatable bonds is 7. The summed E-state index contributed by atoms with van der Waals surface area (Å²) in [7, 11) is 1.52. The van der Waals surface area contributed by atoms with Gasteiger partial charge in [-0.1, -0.05) is 42.5 Å². The van der Waals surface area contributed by atoms with E-state index >= 15 is 0 Å². The number of halogens is 1. The van der Waals surface area contributed by atoms with Gasteiger partial charge in [0.25, 0.3) is 0 Å². The van der Waals surface area contributed by atoms with Crippen LogP contribution < -0.4 is 9.47 Å². The Kier molecular flexibility index (Phi) is 6.09. The second kappa shape index (κ2) is 10.2. The van der Waals surface area contributed by atoms with E-state index in [1.54, 1.807) is 24.7 Å². The Bertz CT molecular complexity index is 2020. The summed E-state index contributed by atoms with van der Waals surface area (Å²) in [6.07, 6.45) is 5.18. The number of ether oxygens (including phenoxy) is 2. The number of H-pyrrole nitrogens is 2. The lowest BCUT2D eigenvalue weighted by Gasteiger charge is -2.08. The average Bonchev–Trinajstić information content (AvgIpc) is 3.64. The fraction of sp³-hybridized carbons (Fsp3) is 0.0625. The van der Waals surface area contributed by atoms with E-state index in [1.165, 1.54) is 19.2 Å². The van der Waals surface area contributed by atoms with Gasteiger partial charge < -0.3 is 14.5 Å². The van der Waals surface area contributed by atoms with Gasteiger partial charge in [0.15, 0.2) is 5.82 Å². The highest BCUT2D eigenvalue weighted by atomic mass is 19.1. The Labute approximate surface area is 233 Å². The number of hydrogen-bond donors (Lipinski definition) is 2. The first-order valence-electron chi connectivity index (χ1n) is 12.9. The molecule has 3 aromatic carbocycles. The standard InChI is InChI=1S/C32H23FN6O2/c1-40-23-11-20(10-22(33)13-23)25-8-5-9-27-30(25)37-32(36-27)31-26-14-28(35-17-29(26)38-39-31)21-12-24(16-34-15-21)41-18-19-6-3-2-4-7-19/h2-17H,18H2,1H3,(H,36,37)(H,38,39). The smallest absolute Gasteiger partial charge is 0.159 e. The molecule has 41 heavy (non-hydrogen) atoms. The normalized spacial score (nSPS) is 11.3. The first-order chi connectivity index (χ1) is 20.1. The number of fused-ring (bicyclic) bond motifs is 2. The van der Waals surface area contributed by atoms with Crippen LogP contribution in [0.1, 0.15) is 5.56 Å². The maximum Gasteiger partial charge on any atom is 0.159 e. The SMILES string of the molecule is COc1cc(F)cc(-c2cccc3[nH]c(-c4n[nH]c5cnc(-c6cncc(OCc7ccccc7)c6)cc45)nc23)c1. The third kappa shape index (κ3) is 4.74. The second-order valence-electron chi connectivity index (χ2n) is 9.54. The number of aromatic amines is 2. The second-order valence-corrected chi connectivity index (χ2v) is 9.54. The Morgan fingerprint density at radius 3 is 2.59 bits per heavy atom. The van der Waals surface area contributed by atoms with Crippen LogP contribution in [0.15, 0.2) is 97.5 Å². The summed E-state index contributed by atoms with van der Waals surface area (Å²) in [4.78, 5) is 17.2. The Hall–Kier alpha value is -5.57. The van der Waals surface area contributed by atoms with E-state index in [2.05, 4.69) is 25.1 Å². The minimum absolute atomic E-state index is 0.380. The molecule has 0 fully saturated rings. The molecule has 4 aromatic heterocycles. The van der Waals surface area contributed by atoms with E-state index in [0.717, 1.165) is 38.8 Å². The molecule has 0 unspecified atom stereocenters. The van der Waals surface area contributed by atoms with Crippen molar-refractivity contribution in [3.63, 3.8) is 0 Å². The molecule has 2 N–H and O–H groups in total. The first kappa shape index (κ1) is 24.5. The Morgan fingerprint density at radius 1 is 0.829 bits per heavy atom. The van der Waals surface area contributed by atoms with Gasteiger partial charge in [0.2, 0.25) is 0 Å². The molecule has 4 heterocycles. The van der Waals surface area contributed by atoms with Crippen LogP contribution >= 0.6 is 0 Å². The molecule has 0 aliphatic rings. The van der Waals surface area contributed by atoms with E-state index in [4.69, 9.17) is 14.5 Å². The van der Waals surface area contributed by atoms with Crippen LogP contribution in [-0.2, 0) is 6.61 Å². The van der Waals surface area contributed by atoms with Crippen molar-refractivity contribution in [3.05, 3.63) is 109 Å². The summed E-state index contributed by atoms with van der Waals surface area (Å²) >= 11 is 0. The van der Waals surface area contributed by atoms with Crippen LogP contribution in [0.2, 0.25) is 0 Å². The summed E-state index contributed by atoms with van der Waals surface area (Å²) < 4.78 is 25.5. The first-order valence-corrected chi connectivity index (χ1v) is 12.9. The number of nitrogens with one attached hydrogen (secondary N) is 2. The highest BCUT2D eigenvalue weighted by molar-refractivity contribution is 5.97. The van der Waals surface area contributed by atoms with E-state index in [1.807, 2.05) is 60.7 Å². The molecule has 9 heteroatoms. The van der Waals surface area contributed by atoms with Gasteiger partial charge in [-0.3, -0.25) is 15.1 Å². The zero-order valence-corrected chi connectivity index (χ0v) is 21.9. The summed E-state index contributed by atoms with van der Waals surface area (Å²) in [6, 6.07) is 24.2. The largest absolute Gasteiger partial charge is 0.497 e. The van der Waals surface area contributed by atoms with Crippen LogP contribution in [0, 0.1) is 5.82 Å².